The van der Waals surface area contributed by atoms with Crippen molar-refractivity contribution in [2.24, 2.45) is 0 Å². The number of piperazine rings is 1. The second-order valence-electron chi connectivity index (χ2n) is 9.03. The quantitative estimate of drug-likeness (QED) is 0.580. The number of para-hydroxylation sites is 2. The summed E-state index contributed by atoms with van der Waals surface area (Å²) < 4.78 is 10.9. The van der Waals surface area contributed by atoms with E-state index >= 15 is 0 Å². The highest BCUT2D eigenvalue weighted by molar-refractivity contribution is 5.76. The molecule has 2 aromatic rings. The molecular weight excluding hydrogens is 414 g/mol. The summed E-state index contributed by atoms with van der Waals surface area (Å²) in [6.45, 7) is 5.16. The Balaban J connectivity index is 1.17. The van der Waals surface area contributed by atoms with Crippen molar-refractivity contribution < 1.29 is 14.3 Å². The molecule has 1 atom stereocenters. The molecule has 178 valence electrons. The van der Waals surface area contributed by atoms with Gasteiger partial charge in [-0.25, -0.2) is 0 Å². The fourth-order valence-electron chi connectivity index (χ4n) is 5.04. The molecule has 6 heteroatoms. The van der Waals surface area contributed by atoms with Gasteiger partial charge in [-0.1, -0.05) is 18.2 Å². The number of carbonyl (C=O) groups is 1. The molecule has 0 saturated carbocycles. The topological polar surface area (TPSA) is 54.0 Å². The number of hydrogen-bond donors (Lipinski definition) is 1. The molecule has 1 aliphatic carbocycles. The fourth-order valence-corrected chi connectivity index (χ4v) is 5.04. The van der Waals surface area contributed by atoms with E-state index in [-0.39, 0.29) is 11.9 Å². The molecule has 2 aromatic carbocycles. The number of hydrogen-bond acceptors (Lipinski definition) is 5. The Hall–Kier alpha value is -2.73. The van der Waals surface area contributed by atoms with Gasteiger partial charge in [-0.05, 0) is 74.0 Å². The SMILES string of the molecule is COc1ccc2c(c1)C(NC(=O)CCCCN1CCN(c3ccccc3OC)CC1)CCC2. The summed E-state index contributed by atoms with van der Waals surface area (Å²) in [7, 11) is 3.42. The summed E-state index contributed by atoms with van der Waals surface area (Å²) in [6, 6.07) is 14.6. The van der Waals surface area contributed by atoms with Crippen LogP contribution in [-0.2, 0) is 11.2 Å². The predicted octanol–water partition coefficient (Wildman–Crippen LogP) is 4.19. The summed E-state index contributed by atoms with van der Waals surface area (Å²) in [4.78, 5) is 17.5. The zero-order chi connectivity index (χ0) is 23.0. The van der Waals surface area contributed by atoms with Crippen LogP contribution < -0.4 is 19.7 Å². The van der Waals surface area contributed by atoms with Crippen LogP contribution in [0.25, 0.3) is 0 Å². The summed E-state index contributed by atoms with van der Waals surface area (Å²) in [5.74, 6) is 1.97. The molecule has 2 aliphatic rings. The molecule has 1 unspecified atom stereocenters. The molecule has 4 rings (SSSR count). The van der Waals surface area contributed by atoms with E-state index < -0.39 is 0 Å². The van der Waals surface area contributed by atoms with E-state index in [1.165, 1.54) is 16.8 Å². The van der Waals surface area contributed by atoms with Crippen LogP contribution in [0.1, 0.15) is 49.3 Å². The number of aryl methyl sites for hydroxylation is 1. The van der Waals surface area contributed by atoms with Crippen molar-refractivity contribution in [1.29, 1.82) is 0 Å². The van der Waals surface area contributed by atoms with Crippen molar-refractivity contribution in [2.45, 2.75) is 44.6 Å². The van der Waals surface area contributed by atoms with Gasteiger partial charge in [0.05, 0.1) is 25.9 Å². The third kappa shape index (κ3) is 5.99. The van der Waals surface area contributed by atoms with Crippen LogP contribution in [0.15, 0.2) is 42.5 Å². The molecule has 0 spiro atoms. The monoisotopic (exact) mass is 451 g/mol. The molecular formula is C27H37N3O3. The molecule has 0 radical (unpaired) electrons. The minimum absolute atomic E-state index is 0.111. The number of fused-ring (bicyclic) bond motifs is 1. The van der Waals surface area contributed by atoms with E-state index in [4.69, 9.17) is 9.47 Å². The standard InChI is InChI=1S/C27H37N3O3/c1-32-22-14-13-21-8-7-9-24(23(21)20-22)28-27(31)12-5-6-15-29-16-18-30(19-17-29)25-10-3-4-11-26(25)33-2/h3-4,10-11,13-14,20,24H,5-9,12,15-19H2,1-2H3,(H,28,31). The smallest absolute Gasteiger partial charge is 0.220 e. The molecule has 1 heterocycles. The Morgan fingerprint density at radius 3 is 2.64 bits per heavy atom. The fraction of sp³-hybridized carbons (Fsp3) is 0.519. The van der Waals surface area contributed by atoms with Crippen LogP contribution in [0.5, 0.6) is 11.5 Å². The number of benzene rings is 2. The van der Waals surface area contributed by atoms with Crippen LogP contribution in [0.2, 0.25) is 0 Å². The first-order valence-electron chi connectivity index (χ1n) is 12.2. The van der Waals surface area contributed by atoms with Gasteiger partial charge >= 0.3 is 0 Å². The largest absolute Gasteiger partial charge is 0.497 e. The number of ether oxygens (including phenoxy) is 2. The molecule has 1 fully saturated rings. The minimum atomic E-state index is 0.111. The Kier molecular flexibility index (Phi) is 8.10. The average molecular weight is 452 g/mol. The second kappa shape index (κ2) is 11.4. The summed E-state index contributed by atoms with van der Waals surface area (Å²) in [6.07, 6.45) is 5.77. The number of methoxy groups -OCH3 is 2. The summed E-state index contributed by atoms with van der Waals surface area (Å²) >= 11 is 0. The van der Waals surface area contributed by atoms with E-state index in [1.54, 1.807) is 14.2 Å². The van der Waals surface area contributed by atoms with E-state index in [1.807, 2.05) is 18.2 Å². The van der Waals surface area contributed by atoms with Crippen LogP contribution in [-0.4, -0.2) is 57.8 Å². The number of unbranched alkanes of at least 4 members (excludes halogenated alkanes) is 1. The van der Waals surface area contributed by atoms with E-state index in [9.17, 15) is 4.79 Å². The van der Waals surface area contributed by atoms with Crippen molar-refractivity contribution in [3.05, 3.63) is 53.6 Å². The maximum Gasteiger partial charge on any atom is 0.220 e. The van der Waals surface area contributed by atoms with E-state index in [0.29, 0.717) is 6.42 Å². The van der Waals surface area contributed by atoms with Crippen molar-refractivity contribution in [1.82, 2.24) is 10.2 Å². The lowest BCUT2D eigenvalue weighted by Crippen LogP contribution is -2.46. The first-order valence-corrected chi connectivity index (χ1v) is 12.2. The van der Waals surface area contributed by atoms with Crippen LogP contribution in [0.4, 0.5) is 5.69 Å². The molecule has 1 N–H and O–H groups in total. The van der Waals surface area contributed by atoms with Gasteiger partial charge in [-0.3, -0.25) is 9.69 Å². The lowest BCUT2D eigenvalue weighted by molar-refractivity contribution is -0.122. The van der Waals surface area contributed by atoms with Crippen molar-refractivity contribution in [2.75, 3.05) is 51.8 Å². The van der Waals surface area contributed by atoms with Gasteiger partial charge in [0.25, 0.3) is 0 Å². The normalized spacial score (nSPS) is 18.5. The average Bonchev–Trinajstić information content (AvgIpc) is 2.87. The maximum absolute atomic E-state index is 12.6. The molecule has 1 aliphatic heterocycles. The lowest BCUT2D eigenvalue weighted by atomic mass is 9.87. The number of anilines is 1. The Morgan fingerprint density at radius 1 is 1.03 bits per heavy atom. The number of nitrogens with one attached hydrogen (secondary N) is 1. The Morgan fingerprint density at radius 2 is 1.85 bits per heavy atom. The van der Waals surface area contributed by atoms with Crippen molar-refractivity contribution in [3.63, 3.8) is 0 Å². The molecule has 0 bridgehead atoms. The molecule has 6 nitrogen and oxygen atoms in total. The van der Waals surface area contributed by atoms with Crippen LogP contribution >= 0.6 is 0 Å². The third-order valence-electron chi connectivity index (χ3n) is 6.93. The molecule has 0 aromatic heterocycles. The Labute approximate surface area is 197 Å². The number of carbonyl (C=O) groups excluding carboxylic acids is 1. The highest BCUT2D eigenvalue weighted by Gasteiger charge is 2.23. The summed E-state index contributed by atoms with van der Waals surface area (Å²) in [5, 5.41) is 3.27. The highest BCUT2D eigenvalue weighted by Crippen LogP contribution is 2.32. The zero-order valence-electron chi connectivity index (χ0n) is 20.0. The highest BCUT2D eigenvalue weighted by atomic mass is 16.5. The first kappa shape index (κ1) is 23.4. The second-order valence-corrected chi connectivity index (χ2v) is 9.03. The van der Waals surface area contributed by atoms with Crippen LogP contribution in [0, 0.1) is 0 Å². The zero-order valence-corrected chi connectivity index (χ0v) is 20.0. The molecule has 1 saturated heterocycles. The van der Waals surface area contributed by atoms with Gasteiger partial charge in [-0.2, -0.15) is 0 Å². The van der Waals surface area contributed by atoms with Gasteiger partial charge < -0.3 is 19.7 Å². The van der Waals surface area contributed by atoms with Gasteiger partial charge in [0, 0.05) is 32.6 Å². The maximum atomic E-state index is 12.6. The van der Waals surface area contributed by atoms with Crippen molar-refractivity contribution >= 4 is 11.6 Å². The molecule has 1 amide bonds. The predicted molar refractivity (Wildman–Crippen MR) is 132 cm³/mol. The number of rotatable bonds is 9. The van der Waals surface area contributed by atoms with Gasteiger partial charge in [0.15, 0.2) is 0 Å². The minimum Gasteiger partial charge on any atom is -0.497 e. The number of amides is 1. The van der Waals surface area contributed by atoms with Gasteiger partial charge in [0.1, 0.15) is 11.5 Å². The van der Waals surface area contributed by atoms with Crippen LogP contribution in [0.3, 0.4) is 0 Å². The van der Waals surface area contributed by atoms with Gasteiger partial charge in [0.2, 0.25) is 5.91 Å². The molecule has 33 heavy (non-hydrogen) atoms. The summed E-state index contributed by atoms with van der Waals surface area (Å²) in [5.41, 5.74) is 3.74. The van der Waals surface area contributed by atoms with Gasteiger partial charge in [-0.15, -0.1) is 0 Å². The van der Waals surface area contributed by atoms with E-state index in [2.05, 4.69) is 39.4 Å². The van der Waals surface area contributed by atoms with E-state index in [0.717, 1.165) is 76.3 Å². The van der Waals surface area contributed by atoms with Crippen molar-refractivity contribution in [3.8, 4) is 11.5 Å². The lowest BCUT2D eigenvalue weighted by Gasteiger charge is -2.36. The first-order chi connectivity index (χ1) is 16.2. The number of nitrogens with zero attached hydrogens (tertiary/aromatic N) is 2. The Bertz CT molecular complexity index is 925. The third-order valence-corrected chi connectivity index (χ3v) is 6.93.